The van der Waals surface area contributed by atoms with Gasteiger partial charge in [-0.25, -0.2) is 9.78 Å². The maximum Gasteiger partial charge on any atom is 0.354 e. The molecule has 3 rings (SSSR count). The number of hydrogen-bond acceptors (Lipinski definition) is 4. The van der Waals surface area contributed by atoms with Crippen LogP contribution in [-0.2, 0) is 0 Å². The highest BCUT2D eigenvalue weighted by Gasteiger charge is 2.16. The smallest absolute Gasteiger partial charge is 0.354 e. The Morgan fingerprint density at radius 1 is 1.17 bits per heavy atom. The number of rotatable bonds is 5. The summed E-state index contributed by atoms with van der Waals surface area (Å²) in [5, 5.41) is 11.6. The molecule has 0 atom stereocenters. The minimum Gasteiger partial charge on any atom is -0.490 e. The van der Waals surface area contributed by atoms with Gasteiger partial charge >= 0.3 is 5.97 Å². The van der Waals surface area contributed by atoms with Gasteiger partial charge in [-0.2, -0.15) is 0 Å². The number of ether oxygens (including phenoxy) is 1. The first-order valence-electron chi connectivity index (χ1n) is 7.89. The molecule has 1 amide bonds. The molecule has 6 heteroatoms. The molecule has 0 saturated heterocycles. The number of carbonyl (C=O) groups is 2. The van der Waals surface area contributed by atoms with Gasteiger partial charge in [-0.05, 0) is 49.9 Å². The minimum atomic E-state index is -1.13. The molecule has 124 valence electrons. The Labute approximate surface area is 139 Å². The van der Waals surface area contributed by atoms with Gasteiger partial charge in [-0.1, -0.05) is 6.07 Å². The van der Waals surface area contributed by atoms with Gasteiger partial charge in [-0.3, -0.25) is 4.79 Å². The van der Waals surface area contributed by atoms with Crippen LogP contribution in [0.15, 0.2) is 42.6 Å². The van der Waals surface area contributed by atoms with E-state index in [1.54, 1.807) is 12.1 Å². The number of aromatic carboxylic acids is 1. The van der Waals surface area contributed by atoms with Crippen molar-refractivity contribution in [2.75, 3.05) is 5.32 Å². The van der Waals surface area contributed by atoms with Crippen molar-refractivity contribution in [1.29, 1.82) is 0 Å². The van der Waals surface area contributed by atoms with E-state index in [4.69, 9.17) is 9.84 Å². The molecule has 1 aromatic carbocycles. The number of carbonyl (C=O) groups excluding carboxylic acids is 1. The highest BCUT2D eigenvalue weighted by atomic mass is 16.5. The molecule has 24 heavy (non-hydrogen) atoms. The van der Waals surface area contributed by atoms with Gasteiger partial charge in [0.25, 0.3) is 5.91 Å². The van der Waals surface area contributed by atoms with Crippen molar-refractivity contribution in [2.24, 2.45) is 0 Å². The average molecular weight is 326 g/mol. The van der Waals surface area contributed by atoms with Crippen LogP contribution < -0.4 is 10.1 Å². The van der Waals surface area contributed by atoms with Crippen LogP contribution in [0.4, 0.5) is 5.69 Å². The molecule has 0 radical (unpaired) electrons. The minimum absolute atomic E-state index is 0.0986. The van der Waals surface area contributed by atoms with Gasteiger partial charge in [0.1, 0.15) is 11.4 Å². The Balaban J connectivity index is 1.66. The molecule has 1 aromatic heterocycles. The predicted octanol–water partition coefficient (Wildman–Crippen LogP) is 3.35. The number of nitrogens with zero attached hydrogens (tertiary/aromatic N) is 1. The third-order valence-electron chi connectivity index (χ3n) is 3.94. The molecule has 0 spiro atoms. The second-order valence-electron chi connectivity index (χ2n) is 5.74. The topological polar surface area (TPSA) is 88.5 Å². The van der Waals surface area contributed by atoms with Crippen LogP contribution in [0.3, 0.4) is 0 Å². The summed E-state index contributed by atoms with van der Waals surface area (Å²) in [5.74, 6) is -0.741. The van der Waals surface area contributed by atoms with Gasteiger partial charge in [0.15, 0.2) is 0 Å². The fraction of sp³-hybridized carbons (Fsp3) is 0.278. The van der Waals surface area contributed by atoms with Crippen LogP contribution in [-0.4, -0.2) is 28.1 Å². The van der Waals surface area contributed by atoms with Gasteiger partial charge in [0.2, 0.25) is 0 Å². The van der Waals surface area contributed by atoms with E-state index in [0.29, 0.717) is 11.3 Å². The van der Waals surface area contributed by atoms with Crippen LogP contribution in [0, 0.1) is 0 Å². The number of pyridine rings is 1. The van der Waals surface area contributed by atoms with Gasteiger partial charge in [-0.15, -0.1) is 0 Å². The van der Waals surface area contributed by atoms with E-state index in [9.17, 15) is 9.59 Å². The lowest BCUT2D eigenvalue weighted by atomic mass is 10.2. The van der Waals surface area contributed by atoms with Gasteiger partial charge in [0.05, 0.1) is 11.7 Å². The number of amides is 1. The zero-order valence-electron chi connectivity index (χ0n) is 13.1. The molecule has 6 nitrogen and oxygen atoms in total. The first-order valence-corrected chi connectivity index (χ1v) is 7.89. The number of carboxylic acids is 1. The van der Waals surface area contributed by atoms with Crippen molar-refractivity contribution >= 4 is 17.6 Å². The largest absolute Gasteiger partial charge is 0.490 e. The Bertz CT molecular complexity index is 737. The van der Waals surface area contributed by atoms with Crippen molar-refractivity contribution < 1.29 is 19.4 Å². The number of nitrogens with one attached hydrogen (secondary N) is 1. The quantitative estimate of drug-likeness (QED) is 0.879. The summed E-state index contributed by atoms with van der Waals surface area (Å²) in [6, 6.07) is 10.00. The first kappa shape index (κ1) is 16.0. The summed E-state index contributed by atoms with van der Waals surface area (Å²) < 4.78 is 5.92. The van der Waals surface area contributed by atoms with E-state index < -0.39 is 5.97 Å². The summed E-state index contributed by atoms with van der Waals surface area (Å²) in [6.45, 7) is 0. The molecular formula is C18H18N2O4. The zero-order valence-corrected chi connectivity index (χ0v) is 13.1. The van der Waals surface area contributed by atoms with E-state index in [1.165, 1.54) is 31.2 Å². The maximum absolute atomic E-state index is 12.2. The average Bonchev–Trinajstić information content (AvgIpc) is 3.08. The van der Waals surface area contributed by atoms with Crippen LogP contribution >= 0.6 is 0 Å². The Morgan fingerprint density at radius 2 is 1.96 bits per heavy atom. The highest BCUT2D eigenvalue weighted by Crippen LogP contribution is 2.25. The number of carboxylic acid groups (broad SMARTS) is 1. The lowest BCUT2D eigenvalue weighted by Gasteiger charge is -2.14. The molecule has 1 saturated carbocycles. The summed E-state index contributed by atoms with van der Waals surface area (Å²) in [5.41, 5.74) is 0.818. The highest BCUT2D eigenvalue weighted by molar-refractivity contribution is 6.04. The van der Waals surface area contributed by atoms with E-state index in [1.807, 2.05) is 12.1 Å². The molecule has 2 N–H and O–H groups in total. The number of hydrogen-bond donors (Lipinski definition) is 2. The standard InChI is InChI=1S/C18H18N2O4/c21-17(12-8-9-16(18(22)23)19-11-12)20-13-4-3-7-15(10-13)24-14-5-1-2-6-14/h3-4,7-11,14H,1-2,5-6H2,(H,20,21)(H,22,23). The van der Waals surface area contributed by atoms with Crippen molar-refractivity contribution in [1.82, 2.24) is 4.98 Å². The molecule has 1 heterocycles. The Hall–Kier alpha value is -2.89. The molecule has 0 unspecified atom stereocenters. The first-order chi connectivity index (χ1) is 11.6. The summed E-state index contributed by atoms with van der Waals surface area (Å²) in [6.07, 6.45) is 6.03. The Kier molecular flexibility index (Phi) is 4.74. The van der Waals surface area contributed by atoms with Crippen LogP contribution in [0.1, 0.15) is 46.5 Å². The van der Waals surface area contributed by atoms with E-state index in [2.05, 4.69) is 10.3 Å². The van der Waals surface area contributed by atoms with Gasteiger partial charge < -0.3 is 15.2 Å². The molecule has 1 fully saturated rings. The van der Waals surface area contributed by atoms with Crippen LogP contribution in [0.25, 0.3) is 0 Å². The maximum atomic E-state index is 12.2. The third-order valence-corrected chi connectivity index (χ3v) is 3.94. The Morgan fingerprint density at radius 3 is 2.62 bits per heavy atom. The number of benzene rings is 1. The third kappa shape index (κ3) is 3.90. The molecule has 2 aromatic rings. The van der Waals surface area contributed by atoms with Crippen molar-refractivity contribution in [2.45, 2.75) is 31.8 Å². The van der Waals surface area contributed by atoms with E-state index >= 15 is 0 Å². The normalized spacial score (nSPS) is 14.3. The van der Waals surface area contributed by atoms with Crippen LogP contribution in [0.5, 0.6) is 5.75 Å². The van der Waals surface area contributed by atoms with Gasteiger partial charge in [0, 0.05) is 18.0 Å². The lowest BCUT2D eigenvalue weighted by Crippen LogP contribution is -2.14. The predicted molar refractivity (Wildman–Crippen MR) is 88.5 cm³/mol. The molecule has 0 aliphatic heterocycles. The second-order valence-corrected chi connectivity index (χ2v) is 5.74. The molecule has 1 aliphatic rings. The van der Waals surface area contributed by atoms with Crippen molar-refractivity contribution in [3.63, 3.8) is 0 Å². The fourth-order valence-electron chi connectivity index (χ4n) is 2.70. The van der Waals surface area contributed by atoms with E-state index in [0.717, 1.165) is 18.6 Å². The summed E-state index contributed by atoms with van der Waals surface area (Å²) >= 11 is 0. The molecule has 0 bridgehead atoms. The number of anilines is 1. The van der Waals surface area contributed by atoms with Crippen molar-refractivity contribution in [3.8, 4) is 5.75 Å². The molecule has 1 aliphatic carbocycles. The monoisotopic (exact) mass is 326 g/mol. The fourth-order valence-corrected chi connectivity index (χ4v) is 2.70. The second kappa shape index (κ2) is 7.12. The van der Waals surface area contributed by atoms with E-state index in [-0.39, 0.29) is 17.7 Å². The number of aromatic nitrogens is 1. The summed E-state index contributed by atoms with van der Waals surface area (Å²) in [7, 11) is 0. The lowest BCUT2D eigenvalue weighted by molar-refractivity contribution is 0.0690. The van der Waals surface area contributed by atoms with Crippen molar-refractivity contribution in [3.05, 3.63) is 53.9 Å². The van der Waals surface area contributed by atoms with Crippen LogP contribution in [0.2, 0.25) is 0 Å². The zero-order chi connectivity index (χ0) is 16.9. The summed E-state index contributed by atoms with van der Waals surface area (Å²) in [4.78, 5) is 26.7. The SMILES string of the molecule is O=C(Nc1cccc(OC2CCCC2)c1)c1ccc(C(=O)O)nc1. The molecular weight excluding hydrogens is 308 g/mol.